The smallest absolute Gasteiger partial charge is 0.0967 e. The molecule has 1 aliphatic rings. The normalized spacial score (nSPS) is 16.2. The van der Waals surface area contributed by atoms with E-state index in [9.17, 15) is 0 Å². The molecule has 1 saturated heterocycles. The number of nitrogens with one attached hydrogen (secondary N) is 1. The van der Waals surface area contributed by atoms with Crippen molar-refractivity contribution in [1.82, 2.24) is 10.2 Å². The predicted molar refractivity (Wildman–Crippen MR) is 103 cm³/mol. The molecule has 0 saturated carbocycles. The Morgan fingerprint density at radius 1 is 0.960 bits per heavy atom. The molecule has 0 unspecified atom stereocenters. The lowest BCUT2D eigenvalue weighted by atomic mass is 9.97. The Morgan fingerprint density at radius 3 is 2.40 bits per heavy atom. The zero-order valence-electron chi connectivity index (χ0n) is 15.3. The van der Waals surface area contributed by atoms with Gasteiger partial charge in [-0.15, -0.1) is 0 Å². The largest absolute Gasteiger partial charge is 0.366 e. The molecule has 2 aromatic rings. The van der Waals surface area contributed by atoms with Crippen molar-refractivity contribution < 1.29 is 4.74 Å². The molecule has 0 amide bonds. The number of hydrogen-bond donors (Lipinski definition) is 1. The first kappa shape index (κ1) is 18.1. The minimum Gasteiger partial charge on any atom is -0.366 e. The number of aryl methyl sites for hydroxylation is 1. The van der Waals surface area contributed by atoms with Crippen LogP contribution in [-0.4, -0.2) is 31.3 Å². The van der Waals surface area contributed by atoms with Gasteiger partial charge < -0.3 is 4.74 Å². The molecule has 0 atom stereocenters. The van der Waals surface area contributed by atoms with Crippen molar-refractivity contribution in [1.29, 1.82) is 0 Å². The van der Waals surface area contributed by atoms with Crippen molar-refractivity contribution in [2.45, 2.75) is 32.9 Å². The molecule has 1 fully saturated rings. The third-order valence-electron chi connectivity index (χ3n) is 4.96. The molecule has 134 valence electrons. The average Bonchev–Trinajstić information content (AvgIpc) is 2.65. The van der Waals surface area contributed by atoms with Crippen molar-refractivity contribution in [3.8, 4) is 0 Å². The van der Waals surface area contributed by atoms with Crippen molar-refractivity contribution in [3.63, 3.8) is 0 Å². The number of likely N-dealkylation sites (tertiary alicyclic amines) is 1. The van der Waals surface area contributed by atoms with Crippen molar-refractivity contribution in [2.75, 3.05) is 26.4 Å². The van der Waals surface area contributed by atoms with E-state index in [4.69, 9.17) is 4.74 Å². The lowest BCUT2D eigenvalue weighted by Gasteiger charge is -2.31. The summed E-state index contributed by atoms with van der Waals surface area (Å²) < 4.78 is 5.84. The lowest BCUT2D eigenvalue weighted by Crippen LogP contribution is -2.35. The summed E-state index contributed by atoms with van der Waals surface area (Å²) in [5.74, 6) is 0.702. The minimum atomic E-state index is 0.637. The maximum Gasteiger partial charge on any atom is 0.0967 e. The van der Waals surface area contributed by atoms with Gasteiger partial charge in [0.1, 0.15) is 0 Å². The molecule has 3 nitrogen and oxygen atoms in total. The fourth-order valence-corrected chi connectivity index (χ4v) is 3.35. The van der Waals surface area contributed by atoms with E-state index in [1.165, 1.54) is 42.6 Å². The summed E-state index contributed by atoms with van der Waals surface area (Å²) in [6.07, 6.45) is 2.48. The van der Waals surface area contributed by atoms with Crippen LogP contribution in [0.2, 0.25) is 0 Å². The summed E-state index contributed by atoms with van der Waals surface area (Å²) >= 11 is 0. The number of rotatable bonds is 8. The average molecular weight is 338 g/mol. The molecule has 1 heterocycles. The van der Waals surface area contributed by atoms with Gasteiger partial charge in [-0.1, -0.05) is 60.2 Å². The van der Waals surface area contributed by atoms with Gasteiger partial charge >= 0.3 is 0 Å². The summed E-state index contributed by atoms with van der Waals surface area (Å²) in [6.45, 7) is 7.94. The Kier molecular flexibility index (Phi) is 7.04. The Labute approximate surface area is 152 Å². The third kappa shape index (κ3) is 6.28. The summed E-state index contributed by atoms with van der Waals surface area (Å²) in [4.78, 5) is 2.56. The maximum atomic E-state index is 5.84. The maximum absolute atomic E-state index is 5.84. The van der Waals surface area contributed by atoms with Crippen LogP contribution in [0, 0.1) is 12.8 Å². The van der Waals surface area contributed by atoms with Crippen LogP contribution in [0.1, 0.15) is 29.5 Å². The summed E-state index contributed by atoms with van der Waals surface area (Å²) in [5.41, 5.74) is 4.03. The summed E-state index contributed by atoms with van der Waals surface area (Å²) in [5, 5.41) is 3.37. The van der Waals surface area contributed by atoms with E-state index in [0.29, 0.717) is 12.6 Å². The standard InChI is InChI=1S/C22H30N2O/c1-19-7-9-20(10-8-19)15-23-18-25-17-22-11-13-24(14-12-22)16-21-5-3-2-4-6-21/h2-10,22-23H,11-18H2,1H3. The van der Waals surface area contributed by atoms with Crippen LogP contribution >= 0.6 is 0 Å². The molecular formula is C22H30N2O. The Bertz CT molecular complexity index is 604. The Balaban J connectivity index is 1.26. The zero-order chi connectivity index (χ0) is 17.3. The van der Waals surface area contributed by atoms with Gasteiger partial charge in [0.25, 0.3) is 0 Å². The SMILES string of the molecule is Cc1ccc(CNCOCC2CCN(Cc3ccccc3)CC2)cc1. The van der Waals surface area contributed by atoms with Crippen LogP contribution in [0.3, 0.4) is 0 Å². The first-order chi connectivity index (χ1) is 12.3. The molecule has 0 radical (unpaired) electrons. The minimum absolute atomic E-state index is 0.637. The van der Waals surface area contributed by atoms with E-state index in [-0.39, 0.29) is 0 Å². The van der Waals surface area contributed by atoms with E-state index < -0.39 is 0 Å². The van der Waals surface area contributed by atoms with Crippen molar-refractivity contribution in [2.24, 2.45) is 5.92 Å². The monoisotopic (exact) mass is 338 g/mol. The van der Waals surface area contributed by atoms with Gasteiger partial charge in [-0.25, -0.2) is 0 Å². The van der Waals surface area contributed by atoms with Crippen LogP contribution in [0.15, 0.2) is 54.6 Å². The van der Waals surface area contributed by atoms with E-state index in [0.717, 1.165) is 19.7 Å². The molecule has 1 aliphatic heterocycles. The predicted octanol–water partition coefficient (Wildman–Crippen LogP) is 3.97. The highest BCUT2D eigenvalue weighted by atomic mass is 16.5. The number of nitrogens with zero attached hydrogens (tertiary/aromatic N) is 1. The lowest BCUT2D eigenvalue weighted by molar-refractivity contribution is 0.0550. The van der Waals surface area contributed by atoms with Crippen LogP contribution in [0.4, 0.5) is 0 Å². The van der Waals surface area contributed by atoms with E-state index in [1.807, 2.05) is 0 Å². The molecule has 0 bridgehead atoms. The zero-order valence-corrected chi connectivity index (χ0v) is 15.3. The molecule has 0 aromatic heterocycles. The van der Waals surface area contributed by atoms with E-state index in [1.54, 1.807) is 0 Å². The van der Waals surface area contributed by atoms with Gasteiger partial charge in [0.05, 0.1) is 13.3 Å². The highest BCUT2D eigenvalue weighted by Gasteiger charge is 2.19. The second-order valence-electron chi connectivity index (χ2n) is 7.13. The number of benzene rings is 2. The fraction of sp³-hybridized carbons (Fsp3) is 0.455. The van der Waals surface area contributed by atoms with E-state index >= 15 is 0 Å². The van der Waals surface area contributed by atoms with Gasteiger partial charge in [0, 0.05) is 13.1 Å². The molecule has 0 spiro atoms. The molecule has 3 rings (SSSR count). The molecule has 1 N–H and O–H groups in total. The van der Waals surface area contributed by atoms with Crippen LogP contribution in [0.25, 0.3) is 0 Å². The highest BCUT2D eigenvalue weighted by Crippen LogP contribution is 2.19. The number of hydrogen-bond acceptors (Lipinski definition) is 3. The van der Waals surface area contributed by atoms with Gasteiger partial charge in [-0.2, -0.15) is 0 Å². The fourth-order valence-electron chi connectivity index (χ4n) is 3.35. The van der Waals surface area contributed by atoms with Gasteiger partial charge in [-0.05, 0) is 49.9 Å². The summed E-state index contributed by atoms with van der Waals surface area (Å²) in [7, 11) is 0. The quantitative estimate of drug-likeness (QED) is 0.582. The highest BCUT2D eigenvalue weighted by molar-refractivity contribution is 5.21. The number of ether oxygens (including phenoxy) is 1. The van der Waals surface area contributed by atoms with Crippen molar-refractivity contribution >= 4 is 0 Å². The second-order valence-corrected chi connectivity index (χ2v) is 7.13. The van der Waals surface area contributed by atoms with Crippen LogP contribution < -0.4 is 5.32 Å². The molecular weight excluding hydrogens is 308 g/mol. The third-order valence-corrected chi connectivity index (χ3v) is 4.96. The Morgan fingerprint density at radius 2 is 1.68 bits per heavy atom. The van der Waals surface area contributed by atoms with Crippen LogP contribution in [0.5, 0.6) is 0 Å². The topological polar surface area (TPSA) is 24.5 Å². The van der Waals surface area contributed by atoms with Gasteiger partial charge in [0.15, 0.2) is 0 Å². The van der Waals surface area contributed by atoms with Gasteiger partial charge in [0.2, 0.25) is 0 Å². The number of piperidine rings is 1. The second kappa shape index (κ2) is 9.71. The molecule has 2 aromatic carbocycles. The van der Waals surface area contributed by atoms with Crippen LogP contribution in [-0.2, 0) is 17.8 Å². The van der Waals surface area contributed by atoms with E-state index in [2.05, 4.69) is 71.7 Å². The molecule has 0 aliphatic carbocycles. The first-order valence-electron chi connectivity index (χ1n) is 9.40. The molecule has 25 heavy (non-hydrogen) atoms. The summed E-state index contributed by atoms with van der Waals surface area (Å²) in [6, 6.07) is 19.4. The van der Waals surface area contributed by atoms with Crippen molar-refractivity contribution in [3.05, 3.63) is 71.3 Å². The first-order valence-corrected chi connectivity index (χ1v) is 9.40. The van der Waals surface area contributed by atoms with Gasteiger partial charge in [-0.3, -0.25) is 10.2 Å². The molecule has 3 heteroatoms. The Hall–Kier alpha value is -1.68.